The zero-order valence-corrected chi connectivity index (χ0v) is 16.1. The predicted octanol–water partition coefficient (Wildman–Crippen LogP) is 2.37. The predicted molar refractivity (Wildman–Crippen MR) is 99.1 cm³/mol. The minimum Gasteiger partial charge on any atom is -0.369 e. The number of nitrogens with one attached hydrogen (secondary N) is 1. The van der Waals surface area contributed by atoms with Gasteiger partial charge in [-0.1, -0.05) is 17.7 Å². The Morgan fingerprint density at radius 1 is 1.27 bits per heavy atom. The van der Waals surface area contributed by atoms with Crippen molar-refractivity contribution in [3.8, 4) is 0 Å². The van der Waals surface area contributed by atoms with Gasteiger partial charge >= 0.3 is 0 Å². The standard InChI is InChI=1S/C21H28N2O3/c1-12-7-13(2)19(14(3)8-12)20(25)22-9-16-17-10-23(15(4)24)11-21(17)6-5-18(16)26-21/h7-8,16-18H,5-6,9-11H2,1-4H3,(H,22,25)/t16-,17+,18+,21+/m0/s1. The smallest absolute Gasteiger partial charge is 0.251 e. The van der Waals surface area contributed by atoms with E-state index < -0.39 is 0 Å². The molecule has 3 aliphatic heterocycles. The van der Waals surface area contributed by atoms with E-state index in [9.17, 15) is 9.59 Å². The molecule has 2 bridgehead atoms. The maximum absolute atomic E-state index is 12.8. The van der Waals surface area contributed by atoms with E-state index in [4.69, 9.17) is 4.74 Å². The maximum atomic E-state index is 12.8. The first-order valence-electron chi connectivity index (χ1n) is 9.60. The molecule has 4 rings (SSSR count). The van der Waals surface area contributed by atoms with Crippen LogP contribution in [0.4, 0.5) is 0 Å². The van der Waals surface area contributed by atoms with Crippen molar-refractivity contribution in [3.05, 3.63) is 34.4 Å². The number of hydrogen-bond acceptors (Lipinski definition) is 3. The summed E-state index contributed by atoms with van der Waals surface area (Å²) in [6.45, 7) is 9.75. The summed E-state index contributed by atoms with van der Waals surface area (Å²) in [5.74, 6) is 0.751. The van der Waals surface area contributed by atoms with Crippen LogP contribution in [0, 0.1) is 32.6 Å². The molecule has 5 nitrogen and oxygen atoms in total. The number of hydrogen-bond donors (Lipinski definition) is 1. The van der Waals surface area contributed by atoms with Gasteiger partial charge in [0.1, 0.15) is 0 Å². The van der Waals surface area contributed by atoms with E-state index in [-0.39, 0.29) is 23.5 Å². The van der Waals surface area contributed by atoms with Crippen LogP contribution >= 0.6 is 0 Å². The van der Waals surface area contributed by atoms with Crippen molar-refractivity contribution in [2.45, 2.75) is 52.2 Å². The fourth-order valence-electron chi connectivity index (χ4n) is 5.54. The van der Waals surface area contributed by atoms with Crippen LogP contribution in [-0.4, -0.2) is 48.1 Å². The number of aryl methyl sites for hydroxylation is 3. The van der Waals surface area contributed by atoms with Gasteiger partial charge in [-0.2, -0.15) is 0 Å². The SMILES string of the molecule is CC(=O)N1C[C@@H]2[C@H](CNC(=O)c3c(C)cc(C)cc3C)[C@H]3CC[C@]2(C1)O3. The molecule has 2 amide bonds. The topological polar surface area (TPSA) is 58.6 Å². The molecule has 0 unspecified atom stereocenters. The molecule has 3 fully saturated rings. The molecule has 1 N–H and O–H groups in total. The zero-order valence-electron chi connectivity index (χ0n) is 16.1. The Bertz CT molecular complexity index is 752. The summed E-state index contributed by atoms with van der Waals surface area (Å²) >= 11 is 0. The molecular weight excluding hydrogens is 328 g/mol. The Labute approximate surface area is 155 Å². The summed E-state index contributed by atoms with van der Waals surface area (Å²) in [5.41, 5.74) is 3.83. The fourth-order valence-corrected chi connectivity index (χ4v) is 5.54. The molecule has 3 aliphatic rings. The van der Waals surface area contributed by atoms with Crippen molar-refractivity contribution in [2.24, 2.45) is 11.8 Å². The molecule has 26 heavy (non-hydrogen) atoms. The Morgan fingerprint density at radius 3 is 2.62 bits per heavy atom. The van der Waals surface area contributed by atoms with Crippen molar-refractivity contribution < 1.29 is 14.3 Å². The molecule has 5 heteroatoms. The number of ether oxygens (including phenoxy) is 1. The summed E-state index contributed by atoms with van der Waals surface area (Å²) in [4.78, 5) is 26.5. The van der Waals surface area contributed by atoms with E-state index in [1.807, 2.05) is 18.7 Å². The van der Waals surface area contributed by atoms with E-state index >= 15 is 0 Å². The Balaban J connectivity index is 1.47. The first-order chi connectivity index (χ1) is 12.3. The largest absolute Gasteiger partial charge is 0.369 e. The van der Waals surface area contributed by atoms with Gasteiger partial charge in [-0.3, -0.25) is 9.59 Å². The number of benzene rings is 1. The number of fused-ring (bicyclic) bond motifs is 1. The molecule has 1 aromatic carbocycles. The zero-order chi connectivity index (χ0) is 18.6. The highest BCUT2D eigenvalue weighted by molar-refractivity contribution is 5.97. The summed E-state index contributed by atoms with van der Waals surface area (Å²) in [6, 6.07) is 4.11. The van der Waals surface area contributed by atoms with Gasteiger partial charge in [-0.25, -0.2) is 0 Å². The van der Waals surface area contributed by atoms with Crippen molar-refractivity contribution in [1.82, 2.24) is 10.2 Å². The number of likely N-dealkylation sites (tertiary alicyclic amines) is 1. The normalized spacial score (nSPS) is 32.0. The van der Waals surface area contributed by atoms with Gasteiger partial charge < -0.3 is 15.0 Å². The minimum absolute atomic E-state index is 0.00163. The molecular formula is C21H28N2O3. The summed E-state index contributed by atoms with van der Waals surface area (Å²) in [7, 11) is 0. The summed E-state index contributed by atoms with van der Waals surface area (Å²) in [6.07, 6.45) is 2.28. The molecule has 4 atom stereocenters. The van der Waals surface area contributed by atoms with Gasteiger partial charge in [0, 0.05) is 37.4 Å². The molecule has 1 spiro atoms. The monoisotopic (exact) mass is 356 g/mol. The second-order valence-electron chi connectivity index (χ2n) is 8.41. The van der Waals surface area contributed by atoms with Crippen LogP contribution in [0.5, 0.6) is 0 Å². The molecule has 0 aromatic heterocycles. The molecule has 3 heterocycles. The van der Waals surface area contributed by atoms with Crippen molar-refractivity contribution in [2.75, 3.05) is 19.6 Å². The maximum Gasteiger partial charge on any atom is 0.251 e. The quantitative estimate of drug-likeness (QED) is 0.905. The summed E-state index contributed by atoms with van der Waals surface area (Å²) < 4.78 is 6.33. The van der Waals surface area contributed by atoms with Gasteiger partial charge in [0.15, 0.2) is 0 Å². The molecule has 0 aliphatic carbocycles. The number of carbonyl (C=O) groups is 2. The van der Waals surface area contributed by atoms with Gasteiger partial charge in [-0.15, -0.1) is 0 Å². The Hall–Kier alpha value is -1.88. The van der Waals surface area contributed by atoms with Gasteiger partial charge in [0.05, 0.1) is 18.2 Å². The van der Waals surface area contributed by atoms with Crippen LogP contribution in [0.1, 0.15) is 46.8 Å². The van der Waals surface area contributed by atoms with E-state index in [2.05, 4.69) is 24.4 Å². The molecule has 3 saturated heterocycles. The third kappa shape index (κ3) is 2.64. The highest BCUT2D eigenvalue weighted by Gasteiger charge is 2.63. The van der Waals surface area contributed by atoms with Crippen LogP contribution in [0.3, 0.4) is 0 Å². The lowest BCUT2D eigenvalue weighted by molar-refractivity contribution is -0.129. The second-order valence-corrected chi connectivity index (χ2v) is 8.41. The first-order valence-corrected chi connectivity index (χ1v) is 9.60. The van der Waals surface area contributed by atoms with Crippen LogP contribution in [-0.2, 0) is 9.53 Å². The molecule has 0 radical (unpaired) electrons. The number of amides is 2. The van der Waals surface area contributed by atoms with Crippen LogP contribution < -0.4 is 5.32 Å². The highest BCUT2D eigenvalue weighted by atomic mass is 16.5. The third-order valence-corrected chi connectivity index (χ3v) is 6.63. The third-order valence-electron chi connectivity index (χ3n) is 6.63. The lowest BCUT2D eigenvalue weighted by Crippen LogP contribution is -2.42. The van der Waals surface area contributed by atoms with Crippen LogP contribution in [0.15, 0.2) is 12.1 Å². The van der Waals surface area contributed by atoms with Crippen molar-refractivity contribution >= 4 is 11.8 Å². The van der Waals surface area contributed by atoms with Crippen LogP contribution in [0.2, 0.25) is 0 Å². The molecule has 1 aromatic rings. The van der Waals surface area contributed by atoms with E-state index in [0.29, 0.717) is 24.9 Å². The van der Waals surface area contributed by atoms with Crippen LogP contribution in [0.25, 0.3) is 0 Å². The van der Waals surface area contributed by atoms with Crippen molar-refractivity contribution in [1.29, 1.82) is 0 Å². The van der Waals surface area contributed by atoms with Crippen molar-refractivity contribution in [3.63, 3.8) is 0 Å². The Morgan fingerprint density at radius 2 is 1.96 bits per heavy atom. The average molecular weight is 356 g/mol. The lowest BCUT2D eigenvalue weighted by Gasteiger charge is -2.29. The average Bonchev–Trinajstić information content (AvgIpc) is 3.19. The van der Waals surface area contributed by atoms with Gasteiger partial charge in [0.2, 0.25) is 5.91 Å². The Kier molecular flexibility index (Phi) is 4.10. The minimum atomic E-state index is -0.165. The first kappa shape index (κ1) is 17.5. The fraction of sp³-hybridized carbons (Fsp3) is 0.619. The van der Waals surface area contributed by atoms with E-state index in [0.717, 1.165) is 36.1 Å². The van der Waals surface area contributed by atoms with E-state index in [1.165, 1.54) is 5.56 Å². The van der Waals surface area contributed by atoms with Gasteiger partial charge in [0.25, 0.3) is 5.91 Å². The highest BCUT2D eigenvalue weighted by Crippen LogP contribution is 2.54. The lowest BCUT2D eigenvalue weighted by atomic mass is 9.73. The molecule has 140 valence electrons. The number of rotatable bonds is 3. The second kappa shape index (κ2) is 6.08. The number of nitrogens with zero attached hydrogens (tertiary/aromatic N) is 1. The summed E-state index contributed by atoms with van der Waals surface area (Å²) in [5, 5.41) is 3.16. The molecule has 0 saturated carbocycles. The number of carbonyl (C=O) groups excluding carboxylic acids is 2. The van der Waals surface area contributed by atoms with Gasteiger partial charge in [-0.05, 0) is 44.7 Å². The van der Waals surface area contributed by atoms with E-state index in [1.54, 1.807) is 6.92 Å².